The van der Waals surface area contributed by atoms with Gasteiger partial charge in [0.1, 0.15) is 0 Å². The largest absolute Gasteiger partial charge is 0.324 e. The van der Waals surface area contributed by atoms with Crippen molar-refractivity contribution in [3.8, 4) is 0 Å². The summed E-state index contributed by atoms with van der Waals surface area (Å²) in [5, 5.41) is -0.125. The Labute approximate surface area is 72.6 Å². The fourth-order valence-electron chi connectivity index (χ4n) is 1.08. The molecule has 0 bridgehead atoms. The van der Waals surface area contributed by atoms with E-state index in [1.54, 1.807) is 0 Å². The van der Waals surface area contributed by atoms with E-state index in [-0.39, 0.29) is 10.8 Å². The summed E-state index contributed by atoms with van der Waals surface area (Å²) in [4.78, 5) is 0. The molecule has 12 heavy (non-hydrogen) atoms. The third-order valence-electron chi connectivity index (χ3n) is 2.48. The van der Waals surface area contributed by atoms with Gasteiger partial charge in [-0.25, -0.2) is 13.1 Å². The van der Waals surface area contributed by atoms with Crippen LogP contribution in [0.15, 0.2) is 0 Å². The van der Waals surface area contributed by atoms with Crippen molar-refractivity contribution in [1.29, 1.82) is 0 Å². The van der Waals surface area contributed by atoms with Crippen LogP contribution in [0.4, 0.5) is 0 Å². The molecule has 3 N–H and O–H groups in total. The van der Waals surface area contributed by atoms with E-state index >= 15 is 0 Å². The van der Waals surface area contributed by atoms with Gasteiger partial charge >= 0.3 is 0 Å². The maximum Gasteiger partial charge on any atom is 0.214 e. The van der Waals surface area contributed by atoms with Gasteiger partial charge in [-0.15, -0.1) is 0 Å². The van der Waals surface area contributed by atoms with E-state index in [4.69, 9.17) is 5.73 Å². The van der Waals surface area contributed by atoms with Crippen LogP contribution in [-0.4, -0.2) is 25.8 Å². The summed E-state index contributed by atoms with van der Waals surface area (Å²) in [5.74, 6) is 0. The van der Waals surface area contributed by atoms with Crippen molar-refractivity contribution < 1.29 is 8.42 Å². The lowest BCUT2D eigenvalue weighted by Crippen LogP contribution is -2.40. The highest BCUT2D eigenvalue weighted by Gasteiger charge is 2.41. The molecule has 0 atom stereocenters. The highest BCUT2D eigenvalue weighted by atomic mass is 32.2. The number of nitrogens with one attached hydrogen (secondary N) is 1. The van der Waals surface area contributed by atoms with Crippen LogP contribution in [0.25, 0.3) is 0 Å². The topological polar surface area (TPSA) is 72.2 Å². The summed E-state index contributed by atoms with van der Waals surface area (Å²) in [6.07, 6.45) is 3.51. The summed E-state index contributed by atoms with van der Waals surface area (Å²) in [6.45, 7) is 0.422. The Morgan fingerprint density at radius 1 is 1.42 bits per heavy atom. The van der Waals surface area contributed by atoms with E-state index in [1.807, 2.05) is 0 Å². The lowest BCUT2D eigenvalue weighted by molar-refractivity contribution is 0.564. The van der Waals surface area contributed by atoms with Gasteiger partial charge in [0.05, 0.1) is 5.25 Å². The zero-order valence-corrected chi connectivity index (χ0v) is 7.73. The molecule has 5 heteroatoms. The average Bonchev–Trinajstić information content (AvgIpc) is 2.78. The van der Waals surface area contributed by atoms with Gasteiger partial charge in [0, 0.05) is 12.1 Å². The summed E-state index contributed by atoms with van der Waals surface area (Å²) in [6, 6.07) is 0. The standard InChI is InChI=1S/C7H14N2O2S/c8-7(3-4-7)5-9-12(10,11)6-1-2-6/h6,9H,1-5,8H2. The van der Waals surface area contributed by atoms with Crippen molar-refractivity contribution in [1.82, 2.24) is 4.72 Å². The Morgan fingerprint density at radius 2 is 2.00 bits per heavy atom. The van der Waals surface area contributed by atoms with E-state index in [9.17, 15) is 8.42 Å². The van der Waals surface area contributed by atoms with E-state index in [2.05, 4.69) is 4.72 Å². The lowest BCUT2D eigenvalue weighted by Gasteiger charge is -2.09. The predicted octanol–water partition coefficient (Wildman–Crippen LogP) is -0.441. The second kappa shape index (κ2) is 2.43. The van der Waals surface area contributed by atoms with E-state index in [0.29, 0.717) is 6.54 Å². The van der Waals surface area contributed by atoms with Crippen LogP contribution in [0.1, 0.15) is 25.7 Å². The summed E-state index contributed by atoms with van der Waals surface area (Å²) < 4.78 is 25.2. The van der Waals surface area contributed by atoms with Crippen LogP contribution in [-0.2, 0) is 10.0 Å². The number of hydrogen-bond donors (Lipinski definition) is 2. The van der Waals surface area contributed by atoms with Gasteiger partial charge in [0.2, 0.25) is 10.0 Å². The number of hydrogen-bond acceptors (Lipinski definition) is 3. The molecule has 70 valence electrons. The molecule has 0 unspecified atom stereocenters. The molecular formula is C7H14N2O2S. The number of rotatable bonds is 4. The zero-order valence-electron chi connectivity index (χ0n) is 6.91. The molecule has 0 aromatic rings. The van der Waals surface area contributed by atoms with Gasteiger partial charge in [-0.3, -0.25) is 0 Å². The molecule has 0 aliphatic heterocycles. The van der Waals surface area contributed by atoms with Crippen molar-refractivity contribution in [2.24, 2.45) is 5.73 Å². The number of nitrogens with two attached hydrogens (primary N) is 1. The molecule has 4 nitrogen and oxygen atoms in total. The third kappa shape index (κ3) is 1.78. The second-order valence-electron chi connectivity index (χ2n) is 3.93. The van der Waals surface area contributed by atoms with E-state index < -0.39 is 10.0 Å². The second-order valence-corrected chi connectivity index (χ2v) is 5.97. The first kappa shape index (κ1) is 8.47. The van der Waals surface area contributed by atoms with Gasteiger partial charge in [-0.05, 0) is 25.7 Å². The first-order chi connectivity index (χ1) is 5.52. The van der Waals surface area contributed by atoms with Gasteiger partial charge in [0.15, 0.2) is 0 Å². The Hall–Kier alpha value is -0.130. The quantitative estimate of drug-likeness (QED) is 0.631. The van der Waals surface area contributed by atoms with Crippen molar-refractivity contribution in [3.05, 3.63) is 0 Å². The monoisotopic (exact) mass is 190 g/mol. The number of sulfonamides is 1. The zero-order chi connectivity index (χ0) is 8.82. The molecule has 2 fully saturated rings. The molecule has 2 rings (SSSR count). The smallest absolute Gasteiger partial charge is 0.214 e. The molecule has 0 heterocycles. The Balaban J connectivity index is 1.85. The molecule has 0 aromatic heterocycles. The van der Waals surface area contributed by atoms with Crippen LogP contribution < -0.4 is 10.5 Å². The van der Waals surface area contributed by atoms with Crippen LogP contribution in [0.2, 0.25) is 0 Å². The summed E-state index contributed by atoms with van der Waals surface area (Å²) in [7, 11) is -3.01. The highest BCUT2D eigenvalue weighted by molar-refractivity contribution is 7.90. The molecule has 0 spiro atoms. The summed E-state index contributed by atoms with van der Waals surface area (Å²) >= 11 is 0. The Morgan fingerprint density at radius 3 is 2.42 bits per heavy atom. The average molecular weight is 190 g/mol. The van der Waals surface area contributed by atoms with Crippen LogP contribution in [0.5, 0.6) is 0 Å². The first-order valence-electron chi connectivity index (χ1n) is 4.29. The third-order valence-corrected chi connectivity index (χ3v) is 4.38. The predicted molar refractivity (Wildman–Crippen MR) is 46.1 cm³/mol. The van der Waals surface area contributed by atoms with Crippen LogP contribution in [0, 0.1) is 0 Å². The maximum atomic E-state index is 11.3. The van der Waals surface area contributed by atoms with Gasteiger partial charge < -0.3 is 5.73 Å². The molecule has 2 aliphatic rings. The SMILES string of the molecule is NC1(CNS(=O)(=O)C2CC2)CC1. The Kier molecular flexibility index (Phi) is 1.72. The molecular weight excluding hydrogens is 176 g/mol. The minimum atomic E-state index is -3.01. The van der Waals surface area contributed by atoms with Crippen molar-refractivity contribution in [2.75, 3.05) is 6.54 Å². The molecule has 2 saturated carbocycles. The molecule has 0 radical (unpaired) electrons. The van der Waals surface area contributed by atoms with Crippen molar-refractivity contribution in [2.45, 2.75) is 36.5 Å². The fourth-order valence-corrected chi connectivity index (χ4v) is 2.56. The van der Waals surface area contributed by atoms with Crippen LogP contribution >= 0.6 is 0 Å². The van der Waals surface area contributed by atoms with Crippen LogP contribution in [0.3, 0.4) is 0 Å². The summed E-state index contributed by atoms with van der Waals surface area (Å²) in [5.41, 5.74) is 5.53. The molecule has 0 amide bonds. The molecule has 2 aliphatic carbocycles. The van der Waals surface area contributed by atoms with Crippen molar-refractivity contribution in [3.63, 3.8) is 0 Å². The van der Waals surface area contributed by atoms with Crippen molar-refractivity contribution >= 4 is 10.0 Å². The van der Waals surface area contributed by atoms with Gasteiger partial charge in [0.25, 0.3) is 0 Å². The normalized spacial score (nSPS) is 27.1. The van der Waals surface area contributed by atoms with Gasteiger partial charge in [-0.1, -0.05) is 0 Å². The van der Waals surface area contributed by atoms with Gasteiger partial charge in [-0.2, -0.15) is 0 Å². The molecule has 0 aromatic carbocycles. The molecule has 0 saturated heterocycles. The first-order valence-corrected chi connectivity index (χ1v) is 5.84. The Bertz CT molecular complexity index is 278. The minimum Gasteiger partial charge on any atom is -0.324 e. The highest BCUT2D eigenvalue weighted by Crippen LogP contribution is 2.32. The fraction of sp³-hybridized carbons (Fsp3) is 1.00. The minimum absolute atomic E-state index is 0.125. The van der Waals surface area contributed by atoms with E-state index in [0.717, 1.165) is 25.7 Å². The van der Waals surface area contributed by atoms with E-state index in [1.165, 1.54) is 0 Å². The maximum absolute atomic E-state index is 11.3. The lowest BCUT2D eigenvalue weighted by atomic mass is 10.3.